The highest BCUT2D eigenvalue weighted by atomic mass is 35.5. The molecule has 1 aliphatic carbocycles. The summed E-state index contributed by atoms with van der Waals surface area (Å²) in [5.74, 6) is 0.0928. The van der Waals surface area contributed by atoms with Crippen LogP contribution in [0.2, 0.25) is 5.02 Å². The van der Waals surface area contributed by atoms with E-state index in [0.29, 0.717) is 10.7 Å². The third kappa shape index (κ3) is 4.75. The van der Waals surface area contributed by atoms with Crippen LogP contribution in [0.1, 0.15) is 49.0 Å². The molecule has 0 spiro atoms. The average molecular weight is 417 g/mol. The van der Waals surface area contributed by atoms with Crippen molar-refractivity contribution in [2.75, 3.05) is 20.1 Å². The molecular weight excluding hydrogens is 388 g/mol. The van der Waals surface area contributed by atoms with Gasteiger partial charge < -0.3 is 20.5 Å². The smallest absolute Gasteiger partial charge is 0.268 e. The number of aromatic nitrogens is 1. The molecule has 156 valence electrons. The number of rotatable bonds is 4. The van der Waals surface area contributed by atoms with Crippen molar-refractivity contribution in [1.29, 1.82) is 0 Å². The summed E-state index contributed by atoms with van der Waals surface area (Å²) < 4.78 is 0. The monoisotopic (exact) mass is 416 g/mol. The predicted molar refractivity (Wildman–Crippen MR) is 115 cm³/mol. The third-order valence-corrected chi connectivity index (χ3v) is 6.56. The van der Waals surface area contributed by atoms with E-state index < -0.39 is 0 Å². The lowest BCUT2D eigenvalue weighted by atomic mass is 9.88. The zero-order valence-corrected chi connectivity index (χ0v) is 17.6. The normalized spacial score (nSPS) is 23.8. The summed E-state index contributed by atoms with van der Waals surface area (Å²) in [6, 6.07) is 7.30. The fourth-order valence-corrected chi connectivity index (χ4v) is 4.70. The minimum Gasteiger partial charge on any atom is -0.351 e. The minimum atomic E-state index is -0.136. The Morgan fingerprint density at radius 3 is 2.45 bits per heavy atom. The van der Waals surface area contributed by atoms with Crippen LogP contribution in [0.3, 0.4) is 0 Å². The molecule has 2 heterocycles. The number of carbonyl (C=O) groups is 2. The van der Waals surface area contributed by atoms with Crippen LogP contribution >= 0.6 is 11.6 Å². The topological polar surface area (TPSA) is 77.2 Å². The first kappa shape index (κ1) is 20.2. The lowest BCUT2D eigenvalue weighted by molar-refractivity contribution is -0.127. The van der Waals surface area contributed by atoms with E-state index in [-0.39, 0.29) is 29.8 Å². The number of H-pyrrole nitrogens is 1. The molecule has 7 heteroatoms. The number of nitrogens with zero attached hydrogens (tertiary/aromatic N) is 1. The van der Waals surface area contributed by atoms with Gasteiger partial charge in [-0.3, -0.25) is 9.59 Å². The molecule has 0 radical (unpaired) electrons. The van der Waals surface area contributed by atoms with Crippen molar-refractivity contribution in [3.05, 3.63) is 35.0 Å². The molecule has 1 aromatic heterocycles. The number of fused-ring (bicyclic) bond motifs is 1. The van der Waals surface area contributed by atoms with Crippen LogP contribution in [0.15, 0.2) is 24.3 Å². The van der Waals surface area contributed by atoms with Gasteiger partial charge in [-0.2, -0.15) is 0 Å². The fraction of sp³-hybridized carbons (Fsp3) is 0.545. The van der Waals surface area contributed by atoms with Crippen LogP contribution in [0.25, 0.3) is 10.9 Å². The van der Waals surface area contributed by atoms with Gasteiger partial charge in [0.2, 0.25) is 5.91 Å². The van der Waals surface area contributed by atoms with Crippen molar-refractivity contribution < 1.29 is 9.59 Å². The molecule has 2 amide bonds. The fourth-order valence-electron chi connectivity index (χ4n) is 4.52. The molecule has 1 aliphatic heterocycles. The Hall–Kier alpha value is -2.05. The number of piperidine rings is 1. The number of nitrogens with one attached hydrogen (secondary N) is 3. The van der Waals surface area contributed by atoms with E-state index in [9.17, 15) is 9.59 Å². The summed E-state index contributed by atoms with van der Waals surface area (Å²) in [6.07, 6.45) is 5.75. The maximum atomic E-state index is 12.8. The molecular formula is C22H29ClN4O2. The van der Waals surface area contributed by atoms with Crippen molar-refractivity contribution in [1.82, 2.24) is 20.5 Å². The van der Waals surface area contributed by atoms with Gasteiger partial charge in [0.1, 0.15) is 5.69 Å². The zero-order valence-electron chi connectivity index (χ0n) is 16.8. The van der Waals surface area contributed by atoms with Crippen molar-refractivity contribution >= 4 is 34.3 Å². The SMILES string of the molecule is CN1CCC(C(=O)N[C@@H]2CCCC[C@@H]2NC(=O)c2cc3cc(Cl)ccc3[nH]2)CC1. The summed E-state index contributed by atoms with van der Waals surface area (Å²) in [5, 5.41) is 7.96. The summed E-state index contributed by atoms with van der Waals surface area (Å²) >= 11 is 6.05. The molecule has 29 heavy (non-hydrogen) atoms. The molecule has 2 atom stereocenters. The molecule has 2 aliphatic rings. The van der Waals surface area contributed by atoms with Crippen LogP contribution in [0.4, 0.5) is 0 Å². The highest BCUT2D eigenvalue weighted by Gasteiger charge is 2.31. The number of benzene rings is 1. The van der Waals surface area contributed by atoms with Crippen molar-refractivity contribution in [3.63, 3.8) is 0 Å². The standard InChI is InChI=1S/C22H29ClN4O2/c1-27-10-8-14(9-11-27)21(28)25-18-4-2-3-5-19(18)26-22(29)20-13-15-12-16(23)6-7-17(15)24-20/h6-7,12-14,18-19,24H,2-5,8-11H2,1H3,(H,25,28)(H,26,29)/t18-,19+/m1/s1. The Morgan fingerprint density at radius 1 is 1.03 bits per heavy atom. The van der Waals surface area contributed by atoms with Gasteiger partial charge >= 0.3 is 0 Å². The van der Waals surface area contributed by atoms with Gasteiger partial charge in [0.15, 0.2) is 0 Å². The molecule has 6 nitrogen and oxygen atoms in total. The Labute approximate surface area is 176 Å². The summed E-state index contributed by atoms with van der Waals surface area (Å²) in [7, 11) is 2.10. The number of likely N-dealkylation sites (tertiary alicyclic amines) is 1. The first-order chi connectivity index (χ1) is 14.0. The molecule has 2 aromatic rings. The van der Waals surface area contributed by atoms with Crippen LogP contribution < -0.4 is 10.6 Å². The number of halogens is 1. The van der Waals surface area contributed by atoms with Crippen LogP contribution in [-0.2, 0) is 4.79 Å². The Balaban J connectivity index is 1.40. The third-order valence-electron chi connectivity index (χ3n) is 6.33. The highest BCUT2D eigenvalue weighted by molar-refractivity contribution is 6.31. The van der Waals surface area contributed by atoms with Gasteiger partial charge in [-0.15, -0.1) is 0 Å². The molecule has 2 fully saturated rings. The maximum absolute atomic E-state index is 12.8. The van der Waals surface area contributed by atoms with E-state index in [2.05, 4.69) is 27.6 Å². The second kappa shape index (κ2) is 8.76. The van der Waals surface area contributed by atoms with Crippen LogP contribution in [-0.4, -0.2) is 53.9 Å². The van der Waals surface area contributed by atoms with Gasteiger partial charge in [-0.1, -0.05) is 24.4 Å². The van der Waals surface area contributed by atoms with E-state index in [4.69, 9.17) is 11.6 Å². The second-order valence-electron chi connectivity index (χ2n) is 8.47. The predicted octanol–water partition coefficient (Wildman–Crippen LogP) is 3.32. The minimum absolute atomic E-state index is 0.00122. The largest absolute Gasteiger partial charge is 0.351 e. The van der Waals surface area contributed by atoms with Crippen LogP contribution in [0, 0.1) is 5.92 Å². The van der Waals surface area contributed by atoms with E-state index in [1.54, 1.807) is 6.07 Å². The highest BCUT2D eigenvalue weighted by Crippen LogP contribution is 2.23. The maximum Gasteiger partial charge on any atom is 0.268 e. The van der Waals surface area contributed by atoms with E-state index in [0.717, 1.165) is 62.5 Å². The quantitative estimate of drug-likeness (QED) is 0.715. The lowest BCUT2D eigenvalue weighted by Gasteiger charge is -2.35. The molecule has 1 saturated heterocycles. The van der Waals surface area contributed by atoms with Crippen molar-refractivity contribution in [2.24, 2.45) is 5.92 Å². The van der Waals surface area contributed by atoms with Gasteiger partial charge in [-0.05, 0) is 70.1 Å². The van der Waals surface area contributed by atoms with E-state index in [1.165, 1.54) is 0 Å². The van der Waals surface area contributed by atoms with Gasteiger partial charge in [0.25, 0.3) is 5.91 Å². The second-order valence-corrected chi connectivity index (χ2v) is 8.91. The van der Waals surface area contributed by atoms with Gasteiger partial charge in [-0.25, -0.2) is 0 Å². The molecule has 1 aromatic carbocycles. The number of amides is 2. The average Bonchev–Trinajstić information content (AvgIpc) is 3.13. The number of carbonyl (C=O) groups excluding carboxylic acids is 2. The molecule has 0 unspecified atom stereocenters. The molecule has 1 saturated carbocycles. The van der Waals surface area contributed by atoms with E-state index in [1.807, 2.05) is 18.2 Å². The van der Waals surface area contributed by atoms with Crippen molar-refractivity contribution in [2.45, 2.75) is 50.6 Å². The summed E-state index contributed by atoms with van der Waals surface area (Å²) in [4.78, 5) is 31.0. The summed E-state index contributed by atoms with van der Waals surface area (Å²) in [6.45, 7) is 1.93. The van der Waals surface area contributed by atoms with E-state index >= 15 is 0 Å². The Morgan fingerprint density at radius 2 is 1.72 bits per heavy atom. The first-order valence-electron chi connectivity index (χ1n) is 10.6. The first-order valence-corrected chi connectivity index (χ1v) is 11.0. The molecule has 0 bridgehead atoms. The van der Waals surface area contributed by atoms with Gasteiger partial charge in [0, 0.05) is 33.9 Å². The Bertz CT molecular complexity index is 888. The molecule has 3 N–H and O–H groups in total. The number of aromatic amines is 1. The number of hydrogen-bond donors (Lipinski definition) is 3. The van der Waals surface area contributed by atoms with Crippen LogP contribution in [0.5, 0.6) is 0 Å². The Kier molecular flexibility index (Phi) is 6.11. The zero-order chi connectivity index (χ0) is 20.4. The van der Waals surface area contributed by atoms with Gasteiger partial charge in [0.05, 0.1) is 0 Å². The molecule has 4 rings (SSSR count). The lowest BCUT2D eigenvalue weighted by Crippen LogP contribution is -2.54. The summed E-state index contributed by atoms with van der Waals surface area (Å²) in [5.41, 5.74) is 1.41. The number of hydrogen-bond acceptors (Lipinski definition) is 3. The van der Waals surface area contributed by atoms with Crippen molar-refractivity contribution in [3.8, 4) is 0 Å².